The quantitative estimate of drug-likeness (QED) is 0.193. The lowest BCUT2D eigenvalue weighted by Gasteiger charge is -2.12. The van der Waals surface area contributed by atoms with Gasteiger partial charge in [-0.2, -0.15) is 15.0 Å². The van der Waals surface area contributed by atoms with Crippen LogP contribution < -0.4 is 0 Å². The van der Waals surface area contributed by atoms with Gasteiger partial charge in [0, 0.05) is 44.7 Å². The minimum absolute atomic E-state index is 0.416. The SMILES string of the molecule is c1ccc2c(c1)ccc1ccc(-c3nc(-n4c5ccccc5c5ccccc54)nc(-n4c5ncccc5c5cccnc54)n3)nc12. The van der Waals surface area contributed by atoms with Gasteiger partial charge < -0.3 is 0 Å². The van der Waals surface area contributed by atoms with Crippen molar-refractivity contribution in [2.75, 3.05) is 0 Å². The molecular formula is C38H22N8. The first kappa shape index (κ1) is 24.9. The molecule has 0 fully saturated rings. The Balaban J connectivity index is 1.32. The molecule has 10 rings (SSSR count). The molecule has 214 valence electrons. The van der Waals surface area contributed by atoms with Gasteiger partial charge in [0.1, 0.15) is 17.0 Å². The third-order valence-electron chi connectivity index (χ3n) is 8.69. The summed E-state index contributed by atoms with van der Waals surface area (Å²) in [6, 6.07) is 41.2. The molecule has 8 nitrogen and oxygen atoms in total. The Kier molecular flexibility index (Phi) is 5.12. The van der Waals surface area contributed by atoms with Gasteiger partial charge in [0.05, 0.1) is 16.6 Å². The topological polar surface area (TPSA) is 87.2 Å². The summed E-state index contributed by atoms with van der Waals surface area (Å²) in [6.07, 6.45) is 3.56. The number of rotatable bonds is 3. The predicted molar refractivity (Wildman–Crippen MR) is 182 cm³/mol. The summed E-state index contributed by atoms with van der Waals surface area (Å²) in [6.45, 7) is 0. The zero-order valence-electron chi connectivity index (χ0n) is 24.3. The maximum absolute atomic E-state index is 5.17. The Labute approximate surface area is 261 Å². The third-order valence-corrected chi connectivity index (χ3v) is 8.69. The van der Waals surface area contributed by atoms with Gasteiger partial charge >= 0.3 is 0 Å². The van der Waals surface area contributed by atoms with Gasteiger partial charge in [-0.1, -0.05) is 78.9 Å². The highest BCUT2D eigenvalue weighted by Crippen LogP contribution is 2.33. The number of hydrogen-bond acceptors (Lipinski definition) is 6. The van der Waals surface area contributed by atoms with E-state index in [1.807, 2.05) is 47.0 Å². The first-order valence-electron chi connectivity index (χ1n) is 15.1. The van der Waals surface area contributed by atoms with E-state index in [1.54, 1.807) is 12.4 Å². The molecule has 4 aromatic carbocycles. The molecule has 0 saturated heterocycles. The van der Waals surface area contributed by atoms with E-state index in [2.05, 4.69) is 83.4 Å². The van der Waals surface area contributed by atoms with Crippen molar-refractivity contribution in [3.05, 3.63) is 134 Å². The van der Waals surface area contributed by atoms with Crippen molar-refractivity contribution >= 4 is 65.5 Å². The second kappa shape index (κ2) is 9.48. The van der Waals surface area contributed by atoms with Gasteiger partial charge in [0.2, 0.25) is 11.9 Å². The molecule has 8 heteroatoms. The van der Waals surface area contributed by atoms with Crippen LogP contribution in [-0.4, -0.2) is 39.0 Å². The minimum Gasteiger partial charge on any atom is -0.278 e. The van der Waals surface area contributed by atoms with Gasteiger partial charge in [-0.15, -0.1) is 0 Å². The number of hydrogen-bond donors (Lipinski definition) is 0. The van der Waals surface area contributed by atoms with Gasteiger partial charge in [-0.25, -0.2) is 19.5 Å². The highest BCUT2D eigenvalue weighted by Gasteiger charge is 2.21. The molecule has 0 atom stereocenters. The van der Waals surface area contributed by atoms with E-state index < -0.39 is 0 Å². The molecule has 10 aromatic rings. The highest BCUT2D eigenvalue weighted by molar-refractivity contribution is 6.09. The van der Waals surface area contributed by atoms with Crippen LogP contribution in [0.1, 0.15) is 0 Å². The molecule has 0 N–H and O–H groups in total. The first-order valence-corrected chi connectivity index (χ1v) is 15.1. The summed E-state index contributed by atoms with van der Waals surface area (Å²) in [5.74, 6) is 1.36. The predicted octanol–water partition coefficient (Wildman–Crippen LogP) is 8.22. The van der Waals surface area contributed by atoms with Crippen LogP contribution in [0.4, 0.5) is 0 Å². The van der Waals surface area contributed by atoms with Crippen LogP contribution in [0.25, 0.3) is 89.0 Å². The maximum atomic E-state index is 5.17. The Morgan fingerprint density at radius 1 is 0.391 bits per heavy atom. The smallest absolute Gasteiger partial charge is 0.242 e. The van der Waals surface area contributed by atoms with Crippen molar-refractivity contribution in [2.45, 2.75) is 0 Å². The van der Waals surface area contributed by atoms with Crippen molar-refractivity contribution in [1.29, 1.82) is 0 Å². The van der Waals surface area contributed by atoms with Gasteiger partial charge in [0.15, 0.2) is 5.82 Å². The van der Waals surface area contributed by atoms with Gasteiger partial charge in [-0.05, 0) is 47.9 Å². The number of fused-ring (bicyclic) bond motifs is 9. The average Bonchev–Trinajstić information content (AvgIpc) is 3.64. The summed E-state index contributed by atoms with van der Waals surface area (Å²) >= 11 is 0. The van der Waals surface area contributed by atoms with Crippen LogP contribution in [0.5, 0.6) is 0 Å². The van der Waals surface area contributed by atoms with Crippen molar-refractivity contribution in [2.24, 2.45) is 0 Å². The summed E-state index contributed by atoms with van der Waals surface area (Å²) in [4.78, 5) is 30.1. The summed E-state index contributed by atoms with van der Waals surface area (Å²) in [5, 5.41) is 7.45. The second-order valence-electron chi connectivity index (χ2n) is 11.3. The minimum atomic E-state index is 0.416. The molecular weight excluding hydrogens is 568 g/mol. The molecule has 0 aliphatic carbocycles. The normalized spacial score (nSPS) is 11.9. The summed E-state index contributed by atoms with van der Waals surface area (Å²) in [7, 11) is 0. The Bertz CT molecular complexity index is 2590. The molecule has 0 unspecified atom stereocenters. The Morgan fingerprint density at radius 3 is 1.63 bits per heavy atom. The van der Waals surface area contributed by atoms with Crippen molar-refractivity contribution in [1.82, 2.24) is 39.0 Å². The number of nitrogens with zero attached hydrogens (tertiary/aromatic N) is 8. The number of aromatic nitrogens is 8. The number of pyridine rings is 3. The largest absolute Gasteiger partial charge is 0.278 e. The summed E-state index contributed by atoms with van der Waals surface area (Å²) in [5.41, 5.74) is 5.00. The van der Waals surface area contributed by atoms with E-state index in [0.717, 1.165) is 65.5 Å². The molecule has 6 heterocycles. The number of benzene rings is 4. The van der Waals surface area contributed by atoms with E-state index in [-0.39, 0.29) is 0 Å². The molecule has 0 spiro atoms. The van der Waals surface area contributed by atoms with Crippen LogP contribution in [0, 0.1) is 0 Å². The molecule has 46 heavy (non-hydrogen) atoms. The monoisotopic (exact) mass is 590 g/mol. The zero-order valence-corrected chi connectivity index (χ0v) is 24.3. The lowest BCUT2D eigenvalue weighted by molar-refractivity contribution is 0.881. The van der Waals surface area contributed by atoms with Gasteiger partial charge in [-0.3, -0.25) is 4.57 Å². The zero-order chi connectivity index (χ0) is 30.2. The molecule has 0 aliphatic rings. The lowest BCUT2D eigenvalue weighted by atomic mass is 10.1. The molecule has 0 amide bonds. The molecule has 0 bridgehead atoms. The van der Waals surface area contributed by atoms with Crippen molar-refractivity contribution < 1.29 is 0 Å². The lowest BCUT2D eigenvalue weighted by Crippen LogP contribution is -2.11. The molecule has 0 radical (unpaired) electrons. The second-order valence-corrected chi connectivity index (χ2v) is 11.3. The van der Waals surface area contributed by atoms with E-state index in [0.29, 0.717) is 23.4 Å². The number of para-hydroxylation sites is 2. The Hall–Kier alpha value is -6.54. The fourth-order valence-electron chi connectivity index (χ4n) is 6.65. The van der Waals surface area contributed by atoms with Crippen LogP contribution in [0.3, 0.4) is 0 Å². The van der Waals surface area contributed by atoms with Crippen LogP contribution in [0.2, 0.25) is 0 Å². The third kappa shape index (κ3) is 3.55. The molecule has 6 aromatic heterocycles. The van der Waals surface area contributed by atoms with E-state index in [1.165, 1.54) is 0 Å². The maximum Gasteiger partial charge on any atom is 0.242 e. The molecule has 0 saturated carbocycles. The van der Waals surface area contributed by atoms with Crippen LogP contribution in [0.15, 0.2) is 134 Å². The van der Waals surface area contributed by atoms with E-state index in [9.17, 15) is 0 Å². The summed E-state index contributed by atoms with van der Waals surface area (Å²) < 4.78 is 4.02. The standard InChI is InChI=1S/C38H22N8/c1-2-10-25-23(9-1)17-18-24-19-20-30(41-33(24)25)34-42-37(45-31-15-5-3-11-26(31)27-12-4-6-16-32(27)45)44-38(43-34)46-35-28(13-7-21-39-35)29-14-8-22-40-36(29)46/h1-22H. The van der Waals surface area contributed by atoms with Crippen LogP contribution >= 0.6 is 0 Å². The fourth-order valence-corrected chi connectivity index (χ4v) is 6.65. The van der Waals surface area contributed by atoms with Crippen molar-refractivity contribution in [3.63, 3.8) is 0 Å². The highest BCUT2D eigenvalue weighted by atomic mass is 15.3. The van der Waals surface area contributed by atoms with Gasteiger partial charge in [0.25, 0.3) is 0 Å². The molecule has 0 aliphatic heterocycles. The van der Waals surface area contributed by atoms with E-state index in [4.69, 9.17) is 29.9 Å². The average molecular weight is 591 g/mol. The fraction of sp³-hybridized carbons (Fsp3) is 0. The Morgan fingerprint density at radius 2 is 0.935 bits per heavy atom. The van der Waals surface area contributed by atoms with E-state index >= 15 is 0 Å². The first-order chi connectivity index (χ1) is 22.8. The van der Waals surface area contributed by atoms with Crippen LogP contribution in [-0.2, 0) is 0 Å². The van der Waals surface area contributed by atoms with Crippen molar-refractivity contribution in [3.8, 4) is 23.4 Å².